The van der Waals surface area contributed by atoms with Gasteiger partial charge in [-0.15, -0.1) is 11.3 Å². The molecular formula is C19H25N3O2S2. The molecule has 0 bridgehead atoms. The lowest BCUT2D eigenvalue weighted by atomic mass is 9.89. The first-order chi connectivity index (χ1) is 12.6. The standard InChI is InChI=1S/C19H25N3O2S2/c1-3-22-18(24)16-13-7-6-12(2)10-14(13)26-17(16)20-19(22)25-11-15(23)21-8-4-5-9-21/h12H,3-11H2,1-2H3/t12-/m1/s1. The third kappa shape index (κ3) is 3.20. The van der Waals surface area contributed by atoms with E-state index in [-0.39, 0.29) is 11.5 Å². The summed E-state index contributed by atoms with van der Waals surface area (Å²) in [5.41, 5.74) is 1.30. The summed E-state index contributed by atoms with van der Waals surface area (Å²) in [6.07, 6.45) is 5.37. The van der Waals surface area contributed by atoms with Gasteiger partial charge in [0.1, 0.15) is 4.83 Å². The average molecular weight is 392 g/mol. The van der Waals surface area contributed by atoms with Crippen molar-refractivity contribution < 1.29 is 4.79 Å². The van der Waals surface area contributed by atoms with Gasteiger partial charge in [0.2, 0.25) is 5.91 Å². The van der Waals surface area contributed by atoms with Crippen LogP contribution in [-0.2, 0) is 24.2 Å². The molecule has 2 aromatic rings. The van der Waals surface area contributed by atoms with Crippen LogP contribution in [0.2, 0.25) is 0 Å². The number of thiophene rings is 1. The fourth-order valence-corrected chi connectivity index (χ4v) is 6.37. The highest BCUT2D eigenvalue weighted by molar-refractivity contribution is 7.99. The van der Waals surface area contributed by atoms with Gasteiger partial charge < -0.3 is 4.90 Å². The SMILES string of the molecule is CCn1c(SCC(=O)N2CCCC2)nc2sc3c(c2c1=O)CC[C@@H](C)C3. The van der Waals surface area contributed by atoms with E-state index in [1.54, 1.807) is 15.9 Å². The minimum Gasteiger partial charge on any atom is -0.342 e. The van der Waals surface area contributed by atoms with Crippen molar-refractivity contribution in [3.63, 3.8) is 0 Å². The summed E-state index contributed by atoms with van der Waals surface area (Å²) in [6.45, 7) is 6.56. The Bertz CT molecular complexity index is 896. The second kappa shape index (κ2) is 7.35. The second-order valence-electron chi connectivity index (χ2n) is 7.35. The normalized spacial score (nSPS) is 19.9. The summed E-state index contributed by atoms with van der Waals surface area (Å²) in [5.74, 6) is 1.19. The van der Waals surface area contributed by atoms with Gasteiger partial charge in [-0.25, -0.2) is 4.98 Å². The van der Waals surface area contributed by atoms with E-state index in [1.165, 1.54) is 22.2 Å². The van der Waals surface area contributed by atoms with Gasteiger partial charge in [0.15, 0.2) is 5.16 Å². The number of aromatic nitrogens is 2. The number of nitrogens with zero attached hydrogens (tertiary/aromatic N) is 3. The molecule has 0 unspecified atom stereocenters. The van der Waals surface area contributed by atoms with E-state index in [2.05, 4.69) is 6.92 Å². The number of hydrogen-bond donors (Lipinski definition) is 0. The van der Waals surface area contributed by atoms with Crippen LogP contribution in [0.25, 0.3) is 10.2 Å². The summed E-state index contributed by atoms with van der Waals surface area (Å²) in [6, 6.07) is 0. The summed E-state index contributed by atoms with van der Waals surface area (Å²) < 4.78 is 1.75. The molecule has 1 saturated heterocycles. The largest absolute Gasteiger partial charge is 0.342 e. The minimum atomic E-state index is 0.0701. The highest BCUT2D eigenvalue weighted by Crippen LogP contribution is 2.36. The lowest BCUT2D eigenvalue weighted by molar-refractivity contribution is -0.127. The average Bonchev–Trinajstić information content (AvgIpc) is 3.26. The quantitative estimate of drug-likeness (QED) is 0.593. The molecule has 1 atom stereocenters. The molecule has 1 fully saturated rings. The first-order valence-corrected chi connectivity index (χ1v) is 11.3. The third-order valence-electron chi connectivity index (χ3n) is 5.48. The number of amides is 1. The number of hydrogen-bond acceptors (Lipinski definition) is 5. The smallest absolute Gasteiger partial charge is 0.263 e. The Labute approximate surface area is 161 Å². The van der Waals surface area contributed by atoms with Crippen LogP contribution in [0, 0.1) is 5.92 Å². The lowest BCUT2D eigenvalue weighted by Gasteiger charge is -2.18. The summed E-state index contributed by atoms with van der Waals surface area (Å²) in [7, 11) is 0. The van der Waals surface area contributed by atoms with Gasteiger partial charge in [-0.3, -0.25) is 14.2 Å². The van der Waals surface area contributed by atoms with Crippen molar-refractivity contribution in [3.05, 3.63) is 20.8 Å². The molecule has 1 aliphatic heterocycles. The number of aryl methyl sites for hydroxylation is 1. The molecule has 0 saturated carbocycles. The predicted octanol–water partition coefficient (Wildman–Crippen LogP) is 3.32. The molecule has 0 spiro atoms. The zero-order valence-electron chi connectivity index (χ0n) is 15.4. The number of carbonyl (C=O) groups excluding carboxylic acids is 1. The highest BCUT2D eigenvalue weighted by Gasteiger charge is 2.25. The minimum absolute atomic E-state index is 0.0701. The van der Waals surface area contributed by atoms with E-state index < -0.39 is 0 Å². The fraction of sp³-hybridized carbons (Fsp3) is 0.632. The van der Waals surface area contributed by atoms with E-state index in [4.69, 9.17) is 4.98 Å². The predicted molar refractivity (Wildman–Crippen MR) is 107 cm³/mol. The topological polar surface area (TPSA) is 55.2 Å². The Balaban J connectivity index is 1.66. The van der Waals surface area contributed by atoms with Crippen LogP contribution in [0.4, 0.5) is 0 Å². The molecule has 1 aliphatic carbocycles. The zero-order valence-corrected chi connectivity index (χ0v) is 17.0. The van der Waals surface area contributed by atoms with Crippen molar-refractivity contribution in [2.24, 2.45) is 5.92 Å². The molecule has 0 N–H and O–H groups in total. The molecule has 3 heterocycles. The molecule has 2 aromatic heterocycles. The molecule has 2 aliphatic rings. The molecule has 26 heavy (non-hydrogen) atoms. The van der Waals surface area contributed by atoms with Crippen LogP contribution < -0.4 is 5.56 Å². The summed E-state index contributed by atoms with van der Waals surface area (Å²) in [4.78, 5) is 34.4. The number of thioether (sulfide) groups is 1. The third-order valence-corrected chi connectivity index (χ3v) is 7.59. The number of fused-ring (bicyclic) bond motifs is 3. The van der Waals surface area contributed by atoms with Crippen molar-refractivity contribution in [2.45, 2.75) is 57.7 Å². The van der Waals surface area contributed by atoms with Gasteiger partial charge in [0.25, 0.3) is 5.56 Å². The van der Waals surface area contributed by atoms with Gasteiger partial charge in [-0.1, -0.05) is 18.7 Å². The molecule has 0 aromatic carbocycles. The highest BCUT2D eigenvalue weighted by atomic mass is 32.2. The van der Waals surface area contributed by atoms with E-state index in [0.717, 1.165) is 55.4 Å². The maximum Gasteiger partial charge on any atom is 0.263 e. The number of rotatable bonds is 4. The zero-order chi connectivity index (χ0) is 18.3. The van der Waals surface area contributed by atoms with Crippen molar-refractivity contribution in [2.75, 3.05) is 18.8 Å². The lowest BCUT2D eigenvalue weighted by Crippen LogP contribution is -2.30. The Hall–Kier alpha value is -1.34. The van der Waals surface area contributed by atoms with E-state index in [0.29, 0.717) is 23.4 Å². The van der Waals surface area contributed by atoms with Gasteiger partial charge in [-0.2, -0.15) is 0 Å². The van der Waals surface area contributed by atoms with E-state index in [9.17, 15) is 9.59 Å². The van der Waals surface area contributed by atoms with Crippen LogP contribution in [0.15, 0.2) is 9.95 Å². The maximum atomic E-state index is 13.1. The van der Waals surface area contributed by atoms with E-state index in [1.807, 2.05) is 11.8 Å². The fourth-order valence-electron chi connectivity index (χ4n) is 3.98. The monoisotopic (exact) mass is 391 g/mol. The number of carbonyl (C=O) groups is 1. The van der Waals surface area contributed by atoms with Crippen LogP contribution in [0.3, 0.4) is 0 Å². The van der Waals surface area contributed by atoms with Gasteiger partial charge in [-0.05, 0) is 50.5 Å². The molecule has 1 amide bonds. The van der Waals surface area contributed by atoms with Gasteiger partial charge >= 0.3 is 0 Å². The maximum absolute atomic E-state index is 13.1. The molecule has 5 nitrogen and oxygen atoms in total. The first kappa shape index (κ1) is 18.0. The molecule has 4 rings (SSSR count). The molecule has 0 radical (unpaired) electrons. The van der Waals surface area contributed by atoms with Gasteiger partial charge in [0, 0.05) is 24.5 Å². The van der Waals surface area contributed by atoms with E-state index >= 15 is 0 Å². The second-order valence-corrected chi connectivity index (χ2v) is 9.38. The van der Waals surface area contributed by atoms with Crippen LogP contribution in [-0.4, -0.2) is 39.2 Å². The summed E-state index contributed by atoms with van der Waals surface area (Å²) >= 11 is 3.09. The van der Waals surface area contributed by atoms with Gasteiger partial charge in [0.05, 0.1) is 11.1 Å². The Morgan fingerprint density at radius 3 is 2.85 bits per heavy atom. The van der Waals surface area contributed by atoms with Crippen molar-refractivity contribution in [1.29, 1.82) is 0 Å². The molecular weight excluding hydrogens is 366 g/mol. The Morgan fingerprint density at radius 1 is 1.35 bits per heavy atom. The van der Waals surface area contributed by atoms with Crippen LogP contribution >= 0.6 is 23.1 Å². The van der Waals surface area contributed by atoms with Crippen molar-refractivity contribution in [1.82, 2.24) is 14.5 Å². The molecule has 140 valence electrons. The first-order valence-electron chi connectivity index (χ1n) is 9.54. The summed E-state index contributed by atoms with van der Waals surface area (Å²) in [5, 5.41) is 1.51. The van der Waals surface area contributed by atoms with Crippen LogP contribution in [0.5, 0.6) is 0 Å². The Kier molecular flexibility index (Phi) is 5.10. The van der Waals surface area contributed by atoms with Crippen molar-refractivity contribution >= 4 is 39.2 Å². The number of likely N-dealkylation sites (tertiary alicyclic amines) is 1. The molecule has 7 heteroatoms. The Morgan fingerprint density at radius 2 is 2.12 bits per heavy atom. The van der Waals surface area contributed by atoms with Crippen molar-refractivity contribution in [3.8, 4) is 0 Å². The van der Waals surface area contributed by atoms with Crippen LogP contribution in [0.1, 0.15) is 43.6 Å².